The van der Waals surface area contributed by atoms with Gasteiger partial charge in [0.1, 0.15) is 11.5 Å². The van der Waals surface area contributed by atoms with Crippen molar-refractivity contribution in [3.8, 4) is 11.1 Å². The molecule has 2 spiro atoms. The van der Waals surface area contributed by atoms with Crippen molar-refractivity contribution < 1.29 is 28.8 Å². The van der Waals surface area contributed by atoms with E-state index in [-0.39, 0.29) is 47.8 Å². The molecule has 12 nitrogen and oxygen atoms in total. The number of piperidine rings is 3. The Morgan fingerprint density at radius 3 is 2.32 bits per heavy atom. The van der Waals surface area contributed by atoms with E-state index in [1.54, 1.807) is 4.90 Å². The summed E-state index contributed by atoms with van der Waals surface area (Å²) in [5.41, 5.74) is 6.21. The predicted octanol–water partition coefficient (Wildman–Crippen LogP) is 7.74. The Balaban J connectivity index is 0.747. The van der Waals surface area contributed by atoms with Crippen molar-refractivity contribution >= 4 is 69.9 Å². The van der Waals surface area contributed by atoms with Crippen LogP contribution in [0, 0.1) is 11.8 Å². The summed E-state index contributed by atoms with van der Waals surface area (Å²) in [7, 11) is 0. The molecule has 6 aliphatic heterocycles. The Hall–Kier alpha value is -5.04. The summed E-state index contributed by atoms with van der Waals surface area (Å²) in [6.07, 6.45) is 11.9. The zero-order valence-corrected chi connectivity index (χ0v) is 38.9. The number of allylic oxidation sites excluding steroid dienone is 2. The van der Waals surface area contributed by atoms with Crippen molar-refractivity contribution in [2.75, 3.05) is 31.5 Å². The van der Waals surface area contributed by atoms with Crippen molar-refractivity contribution in [3.05, 3.63) is 92.5 Å². The number of benzene rings is 3. The van der Waals surface area contributed by atoms with E-state index in [1.165, 1.54) is 0 Å². The van der Waals surface area contributed by atoms with Gasteiger partial charge in [0.2, 0.25) is 29.5 Å². The first-order valence-corrected chi connectivity index (χ1v) is 24.9. The van der Waals surface area contributed by atoms with Crippen LogP contribution in [0.3, 0.4) is 0 Å². The lowest BCUT2D eigenvalue weighted by Gasteiger charge is -2.46. The number of carbonyl (C=O) groups excluding carboxylic acids is 6. The summed E-state index contributed by atoms with van der Waals surface area (Å²) in [6.45, 7) is 4.91. The van der Waals surface area contributed by atoms with Crippen LogP contribution in [0.2, 0.25) is 10.0 Å². The van der Waals surface area contributed by atoms with Crippen LogP contribution in [0.15, 0.2) is 54.6 Å². The number of hydrogen-bond donors (Lipinski definition) is 3. The van der Waals surface area contributed by atoms with E-state index >= 15 is 4.79 Å². The van der Waals surface area contributed by atoms with E-state index in [4.69, 9.17) is 23.2 Å². The van der Waals surface area contributed by atoms with E-state index < -0.39 is 34.9 Å². The standard InChI is InChI=1S/C52H56Cl2N6O6/c1-2-31(32-8-6-9-33-36(32)28-60(48(33)64)41-12-13-42(61)56-47(41)63)24-29-14-20-58(21-15-29)43(62)25-30-16-22-59(23-17-30)49(65)46-45-34-10-7-11-38(53)44(34)35-26-37-40(27-39(35)54)55-50(66)52(37,45)51(57-46)18-4-3-5-19-51/h6-11,24,26-27,29-30,41,45-46,57H,2-5,12-23,25,28H2,1H3,(H,55,66)(H,56,61,63)/b31-24-/t41?,45-,46+,52+/m0/s1. The first kappa shape index (κ1) is 43.5. The fourth-order valence-corrected chi connectivity index (χ4v) is 14.1. The zero-order valence-electron chi connectivity index (χ0n) is 37.4. The fourth-order valence-electron chi connectivity index (χ4n) is 13.6. The number of amides is 6. The summed E-state index contributed by atoms with van der Waals surface area (Å²) >= 11 is 14.0. The van der Waals surface area contributed by atoms with E-state index in [0.717, 1.165) is 109 Å². The number of hydrogen-bond acceptors (Lipinski definition) is 7. The van der Waals surface area contributed by atoms with Gasteiger partial charge in [-0.1, -0.05) is 79.7 Å². The SMILES string of the molecule is CC/C(=C/C1CCN(C(=O)CC2CCN(C(=O)[C@@H]3NC4(CCCCC4)[C@]45C(=O)Nc6cc(Cl)c(cc64)-c4c(Cl)cccc4[C@@H]35)CC2)CC1)c1cccc2c1CN(C1CCC(=O)NC1=O)C2=O. The number of anilines is 1. The minimum Gasteiger partial charge on any atom is -0.343 e. The van der Waals surface area contributed by atoms with Gasteiger partial charge in [0, 0.05) is 84.4 Å². The van der Waals surface area contributed by atoms with Crippen LogP contribution in [0.5, 0.6) is 0 Å². The molecule has 3 N–H and O–H groups in total. The molecule has 8 aliphatic rings. The first-order valence-electron chi connectivity index (χ1n) is 24.2. The number of nitrogens with zero attached hydrogens (tertiary/aromatic N) is 3. The Bertz CT molecular complexity index is 2630. The average Bonchev–Trinajstić information content (AvgIpc) is 3.88. The Kier molecular flexibility index (Phi) is 11.0. The maximum absolute atomic E-state index is 15.1. The molecule has 0 radical (unpaired) electrons. The van der Waals surface area contributed by atoms with Gasteiger partial charge in [-0.3, -0.25) is 39.4 Å². The number of fused-ring (bicyclic) bond motifs is 5. The third-order valence-electron chi connectivity index (χ3n) is 16.8. The minimum absolute atomic E-state index is 0.000140. The summed E-state index contributed by atoms with van der Waals surface area (Å²) in [5, 5.41) is 10.6. The monoisotopic (exact) mass is 930 g/mol. The number of nitrogens with one attached hydrogen (secondary N) is 3. The smallest absolute Gasteiger partial charge is 0.255 e. The van der Waals surface area contributed by atoms with E-state index in [2.05, 4.69) is 41.1 Å². The molecule has 6 amide bonds. The van der Waals surface area contributed by atoms with Gasteiger partial charge in [0.15, 0.2) is 0 Å². The van der Waals surface area contributed by atoms with Crippen molar-refractivity contribution in [1.29, 1.82) is 0 Å². The molecule has 4 atom stereocenters. The molecule has 5 fully saturated rings. The molecular weight excluding hydrogens is 876 g/mol. The minimum atomic E-state index is -1.01. The van der Waals surface area contributed by atoms with Crippen LogP contribution in [-0.2, 0) is 35.9 Å². The average molecular weight is 932 g/mol. The van der Waals surface area contributed by atoms with Gasteiger partial charge in [0.25, 0.3) is 5.91 Å². The Morgan fingerprint density at radius 1 is 0.833 bits per heavy atom. The van der Waals surface area contributed by atoms with Crippen LogP contribution in [0.25, 0.3) is 16.7 Å². The van der Waals surface area contributed by atoms with Crippen molar-refractivity contribution in [1.82, 2.24) is 25.3 Å². The molecule has 1 unspecified atom stereocenters. The lowest BCUT2D eigenvalue weighted by molar-refractivity contribution is -0.138. The molecule has 1 saturated carbocycles. The van der Waals surface area contributed by atoms with Gasteiger partial charge < -0.3 is 20.0 Å². The highest BCUT2D eigenvalue weighted by molar-refractivity contribution is 6.37. The van der Waals surface area contributed by atoms with Gasteiger partial charge in [0.05, 0.1) is 11.1 Å². The molecule has 66 heavy (non-hydrogen) atoms. The predicted molar refractivity (Wildman–Crippen MR) is 252 cm³/mol. The lowest BCUT2D eigenvalue weighted by Crippen LogP contribution is -2.60. The van der Waals surface area contributed by atoms with Crippen molar-refractivity contribution in [2.24, 2.45) is 11.8 Å². The molecule has 2 bridgehead atoms. The van der Waals surface area contributed by atoms with Gasteiger partial charge in [-0.25, -0.2) is 0 Å². The maximum atomic E-state index is 15.1. The molecule has 11 rings (SSSR count). The van der Waals surface area contributed by atoms with Crippen LogP contribution in [-0.4, -0.2) is 93.9 Å². The summed E-state index contributed by atoms with van der Waals surface area (Å²) in [4.78, 5) is 87.3. The molecule has 344 valence electrons. The van der Waals surface area contributed by atoms with Crippen LogP contribution < -0.4 is 16.0 Å². The second-order valence-electron chi connectivity index (χ2n) is 20.1. The molecule has 2 aliphatic carbocycles. The highest BCUT2D eigenvalue weighted by atomic mass is 35.5. The highest BCUT2D eigenvalue weighted by Gasteiger charge is 2.73. The third kappa shape index (κ3) is 6.70. The number of imide groups is 1. The van der Waals surface area contributed by atoms with Crippen molar-refractivity contribution in [3.63, 3.8) is 0 Å². The number of halogens is 2. The van der Waals surface area contributed by atoms with E-state index in [1.807, 2.05) is 46.2 Å². The molecule has 0 aromatic heterocycles. The molecule has 14 heteroatoms. The van der Waals surface area contributed by atoms with Gasteiger partial charge in [-0.15, -0.1) is 0 Å². The van der Waals surface area contributed by atoms with Crippen LogP contribution in [0.4, 0.5) is 5.69 Å². The normalized spacial score (nSPS) is 27.1. The summed E-state index contributed by atoms with van der Waals surface area (Å²) in [5.74, 6) is -0.833. The highest BCUT2D eigenvalue weighted by Crippen LogP contribution is 2.66. The quantitative estimate of drug-likeness (QED) is 0.206. The van der Waals surface area contributed by atoms with E-state index in [9.17, 15) is 24.0 Å². The van der Waals surface area contributed by atoms with Crippen LogP contribution >= 0.6 is 23.2 Å². The molecule has 3 aromatic rings. The molecule has 6 heterocycles. The van der Waals surface area contributed by atoms with Gasteiger partial charge >= 0.3 is 0 Å². The number of likely N-dealkylation sites (tertiary alicyclic amines) is 2. The maximum Gasteiger partial charge on any atom is 0.255 e. The third-order valence-corrected chi connectivity index (χ3v) is 17.4. The second kappa shape index (κ2) is 16.6. The van der Waals surface area contributed by atoms with Gasteiger partial charge in [-0.05, 0) is 115 Å². The largest absolute Gasteiger partial charge is 0.343 e. The zero-order chi connectivity index (χ0) is 45.6. The second-order valence-corrected chi connectivity index (χ2v) is 20.9. The number of carbonyl (C=O) groups is 6. The topological polar surface area (TPSA) is 148 Å². The Labute approximate surface area is 395 Å². The molecule has 4 saturated heterocycles. The first-order chi connectivity index (χ1) is 31.9. The van der Waals surface area contributed by atoms with Gasteiger partial charge in [-0.2, -0.15) is 0 Å². The van der Waals surface area contributed by atoms with E-state index in [0.29, 0.717) is 61.2 Å². The van der Waals surface area contributed by atoms with Crippen molar-refractivity contribution in [2.45, 2.75) is 126 Å². The fraction of sp³-hybridized carbons (Fsp3) is 0.500. The molecule has 3 aromatic carbocycles. The Morgan fingerprint density at radius 2 is 1.58 bits per heavy atom. The molecular formula is C52H56Cl2N6O6. The summed E-state index contributed by atoms with van der Waals surface area (Å²) < 4.78 is 0. The number of rotatable bonds is 7. The van der Waals surface area contributed by atoms with Crippen LogP contribution in [0.1, 0.15) is 129 Å². The lowest BCUT2D eigenvalue weighted by atomic mass is 9.56. The summed E-state index contributed by atoms with van der Waals surface area (Å²) in [6, 6.07) is 14.2.